The van der Waals surface area contributed by atoms with Gasteiger partial charge in [-0.05, 0) is 91.5 Å². The molecule has 1 aliphatic heterocycles. The zero-order valence-electron chi connectivity index (χ0n) is 33.5. The monoisotopic (exact) mass is 792 g/mol. The van der Waals surface area contributed by atoms with E-state index < -0.39 is 0 Å². The minimum absolute atomic E-state index is 0.381. The van der Waals surface area contributed by atoms with Gasteiger partial charge in [0.05, 0.1) is 11.0 Å². The summed E-state index contributed by atoms with van der Waals surface area (Å²) in [7, 11) is 0. The fourth-order valence-electron chi connectivity index (χ4n) is 9.77. The zero-order chi connectivity index (χ0) is 40.7. The Labute approximate surface area is 356 Å². The highest BCUT2D eigenvalue weighted by molar-refractivity contribution is 6.28. The van der Waals surface area contributed by atoms with Crippen LogP contribution < -0.4 is 5.32 Å². The highest BCUT2D eigenvalue weighted by atomic mass is 16.3. The number of furan rings is 1. The Morgan fingerprint density at radius 3 is 1.76 bits per heavy atom. The van der Waals surface area contributed by atoms with Crippen LogP contribution in [0.2, 0.25) is 0 Å². The van der Waals surface area contributed by atoms with E-state index in [2.05, 4.69) is 192 Å². The highest BCUT2D eigenvalue weighted by Gasteiger charge is 2.25. The van der Waals surface area contributed by atoms with E-state index in [1.165, 1.54) is 54.1 Å². The lowest BCUT2D eigenvalue weighted by atomic mass is 9.97. The van der Waals surface area contributed by atoms with Crippen LogP contribution >= 0.6 is 0 Å². The first-order chi connectivity index (χ1) is 30.7. The molecule has 12 aromatic rings. The number of amidine groups is 2. The van der Waals surface area contributed by atoms with Crippen LogP contribution in [0.1, 0.15) is 22.9 Å². The number of para-hydroxylation sites is 1. The number of aromatic nitrogens is 1. The molecule has 13 rings (SSSR count). The Morgan fingerprint density at radius 1 is 0.435 bits per heavy atom. The van der Waals surface area contributed by atoms with Crippen LogP contribution in [0.5, 0.6) is 0 Å². The number of nitrogens with zero attached hydrogens (tertiary/aromatic N) is 3. The Hall–Kier alpha value is -8.28. The van der Waals surface area contributed by atoms with Gasteiger partial charge >= 0.3 is 0 Å². The molecule has 0 fully saturated rings. The van der Waals surface area contributed by atoms with Crippen molar-refractivity contribution in [2.24, 2.45) is 9.98 Å². The van der Waals surface area contributed by atoms with Crippen molar-refractivity contribution < 1.29 is 4.42 Å². The lowest BCUT2D eigenvalue weighted by molar-refractivity contribution is 0.668. The van der Waals surface area contributed by atoms with E-state index in [4.69, 9.17) is 14.4 Å². The zero-order valence-corrected chi connectivity index (χ0v) is 33.5. The smallest absolute Gasteiger partial charge is 0.160 e. The van der Waals surface area contributed by atoms with Crippen LogP contribution in [-0.2, 0) is 0 Å². The van der Waals surface area contributed by atoms with Crippen molar-refractivity contribution in [1.29, 1.82) is 0 Å². The van der Waals surface area contributed by atoms with Gasteiger partial charge in [-0.2, -0.15) is 0 Å². The molecule has 1 unspecified atom stereocenters. The maximum absolute atomic E-state index is 6.33. The van der Waals surface area contributed by atoms with E-state index >= 15 is 0 Å². The first kappa shape index (κ1) is 34.6. The second-order valence-electron chi connectivity index (χ2n) is 16.1. The van der Waals surface area contributed by atoms with Gasteiger partial charge in [-0.25, -0.2) is 9.98 Å². The first-order valence-electron chi connectivity index (χ1n) is 21.1. The molecule has 62 heavy (non-hydrogen) atoms. The summed E-state index contributed by atoms with van der Waals surface area (Å²) < 4.78 is 8.75. The van der Waals surface area contributed by atoms with Crippen LogP contribution in [0.3, 0.4) is 0 Å². The van der Waals surface area contributed by atoms with Crippen LogP contribution in [0.15, 0.2) is 221 Å². The third kappa shape index (κ3) is 5.35. The predicted octanol–water partition coefficient (Wildman–Crippen LogP) is 14.3. The molecule has 0 saturated heterocycles. The summed E-state index contributed by atoms with van der Waals surface area (Å²) in [5.74, 6) is 1.42. The van der Waals surface area contributed by atoms with Crippen molar-refractivity contribution in [3.05, 3.63) is 223 Å². The van der Waals surface area contributed by atoms with Crippen molar-refractivity contribution in [1.82, 2.24) is 9.88 Å². The molecule has 0 amide bonds. The van der Waals surface area contributed by atoms with E-state index in [0.717, 1.165) is 61.3 Å². The van der Waals surface area contributed by atoms with Crippen molar-refractivity contribution in [2.75, 3.05) is 0 Å². The first-order valence-corrected chi connectivity index (χ1v) is 21.1. The van der Waals surface area contributed by atoms with Crippen LogP contribution in [-0.4, -0.2) is 16.2 Å². The SMILES string of the molecule is c1ccc(-c2ccc(-n3c4ccc5ccccc5c4c4c5ccccc5ccc43)cc2)c(C2=NC(c3cccc4oc5ccccc5c34)=NC(c3ccc4ccccc4c3)N2)c1. The van der Waals surface area contributed by atoms with E-state index in [9.17, 15) is 0 Å². The summed E-state index contributed by atoms with van der Waals surface area (Å²) in [6.07, 6.45) is -0.381. The lowest BCUT2D eigenvalue weighted by Gasteiger charge is -2.25. The molecule has 1 atom stereocenters. The maximum atomic E-state index is 6.33. The van der Waals surface area contributed by atoms with Gasteiger partial charge in [0.15, 0.2) is 5.84 Å². The number of fused-ring (bicyclic) bond motifs is 11. The van der Waals surface area contributed by atoms with Crippen LogP contribution in [0, 0.1) is 0 Å². The predicted molar refractivity (Wildman–Crippen MR) is 258 cm³/mol. The molecule has 2 aromatic heterocycles. The van der Waals surface area contributed by atoms with Gasteiger partial charge in [0, 0.05) is 38.4 Å². The molecule has 0 bridgehead atoms. The second-order valence-corrected chi connectivity index (χ2v) is 16.1. The fourth-order valence-corrected chi connectivity index (χ4v) is 9.77. The molecule has 0 aliphatic carbocycles. The average Bonchev–Trinajstić information content (AvgIpc) is 3.90. The van der Waals surface area contributed by atoms with Gasteiger partial charge < -0.3 is 14.3 Å². The molecule has 0 spiro atoms. The van der Waals surface area contributed by atoms with Crippen molar-refractivity contribution in [3.63, 3.8) is 0 Å². The van der Waals surface area contributed by atoms with E-state index in [0.29, 0.717) is 5.84 Å². The molecular weight excluding hydrogens is 757 g/mol. The number of hydrogen-bond acceptors (Lipinski definition) is 4. The maximum Gasteiger partial charge on any atom is 0.160 e. The minimum atomic E-state index is -0.381. The molecule has 5 nitrogen and oxygen atoms in total. The quantitative estimate of drug-likeness (QED) is 0.189. The summed E-state index contributed by atoms with van der Waals surface area (Å²) in [6, 6.07) is 73.4. The molecule has 5 heteroatoms. The highest BCUT2D eigenvalue weighted by Crippen LogP contribution is 2.41. The minimum Gasteiger partial charge on any atom is -0.456 e. The fraction of sp³-hybridized carbons (Fsp3) is 0.0175. The molecule has 3 heterocycles. The number of benzene rings is 10. The van der Waals surface area contributed by atoms with Gasteiger partial charge in [-0.15, -0.1) is 0 Å². The Kier molecular flexibility index (Phi) is 7.60. The standard InChI is InChI=1S/C57H36N4O/c1-2-15-39-34-40(25-24-35(39)12-1)55-58-56(60-57(59-55)47-21-11-23-51-52(47)46-20-9-10-22-50(46)62-51)45-19-8-7-16-42(45)38-26-30-41(31-27-38)61-48-32-28-36-13-3-5-17-43(36)53(48)54-44-18-6-4-14-37(44)29-33-49(54)61/h1-34,55H,(H,58,59,60). The third-order valence-corrected chi connectivity index (χ3v) is 12.6. The average molecular weight is 793 g/mol. The summed E-state index contributed by atoms with van der Waals surface area (Å²) in [6.45, 7) is 0. The molecular formula is C57H36N4O. The Balaban J connectivity index is 0.960. The lowest BCUT2D eigenvalue weighted by Crippen LogP contribution is -2.34. The van der Waals surface area contributed by atoms with Crippen LogP contribution in [0.4, 0.5) is 0 Å². The van der Waals surface area contributed by atoms with Gasteiger partial charge in [-0.3, -0.25) is 0 Å². The van der Waals surface area contributed by atoms with E-state index in [1.807, 2.05) is 24.3 Å². The molecule has 1 N–H and O–H groups in total. The number of nitrogens with one attached hydrogen (secondary N) is 1. The largest absolute Gasteiger partial charge is 0.456 e. The number of hydrogen-bond donors (Lipinski definition) is 1. The van der Waals surface area contributed by atoms with Crippen molar-refractivity contribution in [3.8, 4) is 16.8 Å². The van der Waals surface area contributed by atoms with Crippen molar-refractivity contribution in [2.45, 2.75) is 6.17 Å². The molecule has 290 valence electrons. The van der Waals surface area contributed by atoms with Gasteiger partial charge in [-0.1, -0.05) is 164 Å². The van der Waals surface area contributed by atoms with Crippen molar-refractivity contribution >= 4 is 87.7 Å². The molecule has 10 aromatic carbocycles. The molecule has 1 aliphatic rings. The van der Waals surface area contributed by atoms with E-state index in [-0.39, 0.29) is 6.17 Å². The summed E-state index contributed by atoms with van der Waals surface area (Å²) in [5, 5.41) is 15.8. The van der Waals surface area contributed by atoms with E-state index in [1.54, 1.807) is 0 Å². The summed E-state index contributed by atoms with van der Waals surface area (Å²) >= 11 is 0. The summed E-state index contributed by atoms with van der Waals surface area (Å²) in [4.78, 5) is 10.7. The van der Waals surface area contributed by atoms with Gasteiger partial charge in [0.25, 0.3) is 0 Å². The Morgan fingerprint density at radius 2 is 1.02 bits per heavy atom. The molecule has 0 radical (unpaired) electrons. The van der Waals surface area contributed by atoms with Crippen LogP contribution in [0.25, 0.3) is 92.9 Å². The van der Waals surface area contributed by atoms with Gasteiger partial charge in [0.2, 0.25) is 0 Å². The third-order valence-electron chi connectivity index (χ3n) is 12.6. The second kappa shape index (κ2) is 13.6. The Bertz CT molecular complexity index is 3760. The molecule has 0 saturated carbocycles. The topological polar surface area (TPSA) is 54.8 Å². The normalized spacial score (nSPS) is 14.3. The number of aliphatic imine (C=N–C) groups is 2. The van der Waals surface area contributed by atoms with Gasteiger partial charge in [0.1, 0.15) is 23.2 Å². The summed E-state index contributed by atoms with van der Waals surface area (Å²) in [5.41, 5.74) is 10.3. The number of rotatable bonds is 5.